The summed E-state index contributed by atoms with van der Waals surface area (Å²) in [6, 6.07) is 6.88. The van der Waals surface area contributed by atoms with E-state index in [0.717, 1.165) is 0 Å². The second kappa shape index (κ2) is 6.28. The molecule has 1 rings (SSSR count). The van der Waals surface area contributed by atoms with Gasteiger partial charge in [-0.25, -0.2) is 16.8 Å². The number of halogens is 6. The van der Waals surface area contributed by atoms with Gasteiger partial charge < -0.3 is 0 Å². The molecule has 13 heteroatoms. The molecule has 0 aliphatic carbocycles. The van der Waals surface area contributed by atoms with E-state index in [-0.39, 0.29) is 5.56 Å². The summed E-state index contributed by atoms with van der Waals surface area (Å²) in [4.78, 5) is 0. The SMILES string of the molecule is O=S(=O)(N(CCc1ccccc1)S(=O)(=O)C(F)(F)F)C(F)(F)F. The standard InChI is InChI=1S/C10H9F6NO4S2/c11-9(12,13)22(18,19)17(23(20,21)10(14,15)16)7-6-8-4-2-1-3-5-8/h1-5H,6-7H2. The second-order valence-electron chi connectivity index (χ2n) is 4.13. The van der Waals surface area contributed by atoms with Crippen molar-refractivity contribution in [1.82, 2.24) is 3.71 Å². The average Bonchev–Trinajstić information content (AvgIpc) is 2.37. The third-order valence-electron chi connectivity index (χ3n) is 2.55. The van der Waals surface area contributed by atoms with Gasteiger partial charge in [-0.1, -0.05) is 34.0 Å². The second-order valence-corrected chi connectivity index (χ2v) is 8.07. The fraction of sp³-hybridized carbons (Fsp3) is 0.400. The van der Waals surface area contributed by atoms with Crippen molar-refractivity contribution in [1.29, 1.82) is 0 Å². The van der Waals surface area contributed by atoms with Crippen molar-refractivity contribution in [2.45, 2.75) is 17.4 Å². The predicted molar refractivity (Wildman–Crippen MR) is 66.8 cm³/mol. The van der Waals surface area contributed by atoms with Crippen LogP contribution in [0.4, 0.5) is 26.3 Å². The van der Waals surface area contributed by atoms with Crippen molar-refractivity contribution in [2.24, 2.45) is 0 Å². The Morgan fingerprint density at radius 3 is 1.52 bits per heavy atom. The first-order valence-corrected chi connectivity index (χ1v) is 8.53. The summed E-state index contributed by atoms with van der Waals surface area (Å²) in [7, 11) is -13.4. The summed E-state index contributed by atoms with van der Waals surface area (Å²) < 4.78 is 118. The average molecular weight is 385 g/mol. The molecule has 1 aromatic rings. The Morgan fingerprint density at radius 1 is 0.783 bits per heavy atom. The zero-order valence-corrected chi connectivity index (χ0v) is 12.6. The van der Waals surface area contributed by atoms with E-state index in [9.17, 15) is 43.2 Å². The highest BCUT2D eigenvalue weighted by Crippen LogP contribution is 2.35. The first kappa shape index (κ1) is 19.7. The lowest BCUT2D eigenvalue weighted by atomic mass is 10.2. The van der Waals surface area contributed by atoms with E-state index in [4.69, 9.17) is 0 Å². The summed E-state index contributed by atoms with van der Waals surface area (Å²) in [5, 5.41) is 0. The van der Waals surface area contributed by atoms with Gasteiger partial charge in [0, 0.05) is 6.54 Å². The highest BCUT2D eigenvalue weighted by Gasteiger charge is 2.61. The maximum absolute atomic E-state index is 12.5. The van der Waals surface area contributed by atoms with Crippen LogP contribution < -0.4 is 0 Å². The maximum atomic E-state index is 12.5. The van der Waals surface area contributed by atoms with Gasteiger partial charge in [0.15, 0.2) is 0 Å². The minimum Gasteiger partial charge on any atom is -0.202 e. The molecule has 0 spiro atoms. The van der Waals surface area contributed by atoms with Crippen LogP contribution in [0.15, 0.2) is 30.3 Å². The molecule has 132 valence electrons. The van der Waals surface area contributed by atoms with Gasteiger partial charge in [0.2, 0.25) is 0 Å². The van der Waals surface area contributed by atoms with Gasteiger partial charge in [-0.3, -0.25) is 0 Å². The topological polar surface area (TPSA) is 71.5 Å². The Labute approximate surface area is 127 Å². The molecular formula is C10H9F6NO4S2. The molecular weight excluding hydrogens is 376 g/mol. The molecule has 0 aromatic heterocycles. The smallest absolute Gasteiger partial charge is 0.202 e. The molecule has 0 atom stereocenters. The zero-order chi connectivity index (χ0) is 18.1. The Balaban J connectivity index is 3.29. The molecule has 0 aliphatic rings. The highest BCUT2D eigenvalue weighted by molar-refractivity contribution is 8.04. The van der Waals surface area contributed by atoms with Crippen molar-refractivity contribution >= 4 is 20.0 Å². The molecule has 0 unspecified atom stereocenters. The number of nitrogens with zero attached hydrogens (tertiary/aromatic N) is 1. The first-order valence-electron chi connectivity index (χ1n) is 5.65. The van der Waals surface area contributed by atoms with Crippen molar-refractivity contribution in [3.05, 3.63) is 35.9 Å². The molecule has 0 fully saturated rings. The van der Waals surface area contributed by atoms with Crippen molar-refractivity contribution < 1.29 is 43.2 Å². The van der Waals surface area contributed by atoms with Crippen molar-refractivity contribution in [2.75, 3.05) is 6.54 Å². The van der Waals surface area contributed by atoms with E-state index in [1.54, 1.807) is 0 Å². The minimum absolute atomic E-state index is 0.159. The lowest BCUT2D eigenvalue weighted by molar-refractivity contribution is -0.0530. The van der Waals surface area contributed by atoms with Gasteiger partial charge in [-0.15, -0.1) is 0 Å². The van der Waals surface area contributed by atoms with Crippen molar-refractivity contribution in [3.63, 3.8) is 0 Å². The molecule has 0 saturated heterocycles. The van der Waals surface area contributed by atoms with E-state index in [1.807, 2.05) is 0 Å². The molecule has 5 nitrogen and oxygen atoms in total. The molecule has 0 N–H and O–H groups in total. The van der Waals surface area contributed by atoms with Crippen LogP contribution in [-0.4, -0.2) is 38.1 Å². The normalized spacial score (nSPS) is 14.2. The maximum Gasteiger partial charge on any atom is 0.512 e. The molecule has 0 bridgehead atoms. The Hall–Kier alpha value is -1.34. The van der Waals surface area contributed by atoms with Crippen molar-refractivity contribution in [3.8, 4) is 0 Å². The van der Waals surface area contributed by atoms with Crippen LogP contribution in [0.3, 0.4) is 0 Å². The van der Waals surface area contributed by atoms with E-state index in [0.29, 0.717) is 0 Å². The van der Waals surface area contributed by atoms with E-state index in [1.165, 1.54) is 30.3 Å². The lowest BCUT2D eigenvalue weighted by Crippen LogP contribution is -2.49. The first-order chi connectivity index (χ1) is 10.2. The number of hydrogen-bond acceptors (Lipinski definition) is 4. The molecule has 23 heavy (non-hydrogen) atoms. The van der Waals surface area contributed by atoms with Crippen LogP contribution in [-0.2, 0) is 26.5 Å². The molecule has 0 radical (unpaired) electrons. The van der Waals surface area contributed by atoms with Gasteiger partial charge in [-0.05, 0) is 12.0 Å². The van der Waals surface area contributed by atoms with Crippen LogP contribution in [0.25, 0.3) is 0 Å². The highest BCUT2D eigenvalue weighted by atomic mass is 32.3. The number of alkyl halides is 6. The lowest BCUT2D eigenvalue weighted by Gasteiger charge is -2.23. The van der Waals surface area contributed by atoms with Gasteiger partial charge in [0.25, 0.3) is 0 Å². The van der Waals surface area contributed by atoms with E-state index in [2.05, 4.69) is 0 Å². The Bertz CT molecular complexity index is 696. The monoisotopic (exact) mass is 385 g/mol. The largest absolute Gasteiger partial charge is 0.512 e. The summed E-state index contributed by atoms with van der Waals surface area (Å²) >= 11 is 0. The third kappa shape index (κ3) is 4.14. The third-order valence-corrected chi connectivity index (χ3v) is 6.33. The molecule has 0 aliphatic heterocycles. The predicted octanol–water partition coefficient (Wildman–Crippen LogP) is 2.23. The summed E-state index contributed by atoms with van der Waals surface area (Å²) in [5.41, 5.74) is -12.2. The van der Waals surface area contributed by atoms with Crippen LogP contribution in [0.5, 0.6) is 0 Å². The zero-order valence-electron chi connectivity index (χ0n) is 11.0. The number of benzene rings is 1. The summed E-state index contributed by atoms with van der Waals surface area (Å²) in [5.74, 6) is 0. The quantitative estimate of drug-likeness (QED) is 0.729. The van der Waals surface area contributed by atoms with E-state index < -0.39 is 47.7 Å². The Morgan fingerprint density at radius 2 is 1.17 bits per heavy atom. The molecule has 0 heterocycles. The fourth-order valence-electron chi connectivity index (χ4n) is 1.47. The minimum atomic E-state index is -6.72. The van der Waals surface area contributed by atoms with Gasteiger partial charge in [-0.2, -0.15) is 26.3 Å². The number of hydrogen-bond donors (Lipinski definition) is 0. The molecule has 1 aromatic carbocycles. The fourth-order valence-corrected chi connectivity index (χ4v) is 4.13. The van der Waals surface area contributed by atoms with Crippen LogP contribution in [0.2, 0.25) is 0 Å². The summed E-state index contributed by atoms with van der Waals surface area (Å²) in [6.45, 7) is -1.53. The number of sulfonamides is 2. The van der Waals surface area contributed by atoms with Gasteiger partial charge in [0.1, 0.15) is 0 Å². The molecule has 0 saturated carbocycles. The van der Waals surface area contributed by atoms with Crippen LogP contribution in [0, 0.1) is 0 Å². The van der Waals surface area contributed by atoms with Crippen LogP contribution in [0.1, 0.15) is 5.56 Å². The van der Waals surface area contributed by atoms with Gasteiger partial charge in [0.05, 0.1) is 0 Å². The van der Waals surface area contributed by atoms with Crippen LogP contribution >= 0.6 is 0 Å². The Kier molecular flexibility index (Phi) is 5.38. The van der Waals surface area contributed by atoms with Gasteiger partial charge >= 0.3 is 31.1 Å². The van der Waals surface area contributed by atoms with E-state index >= 15 is 0 Å². The summed E-state index contributed by atoms with van der Waals surface area (Å²) in [6.07, 6.45) is -0.661. The number of rotatable bonds is 5. The molecule has 0 amide bonds.